The van der Waals surface area contributed by atoms with Gasteiger partial charge in [-0.2, -0.15) is 0 Å². The van der Waals surface area contributed by atoms with Crippen molar-refractivity contribution in [1.29, 1.82) is 0 Å². The minimum absolute atomic E-state index is 0.240. The van der Waals surface area contributed by atoms with Crippen molar-refractivity contribution in [2.45, 2.75) is 25.8 Å². The first-order chi connectivity index (χ1) is 10.3. The van der Waals surface area contributed by atoms with Crippen molar-refractivity contribution in [3.05, 3.63) is 60.0 Å². The van der Waals surface area contributed by atoms with Gasteiger partial charge >= 0.3 is 0 Å². The molecular weight excluding hydrogens is 282 g/mol. The van der Waals surface area contributed by atoms with E-state index in [4.69, 9.17) is 16.6 Å². The van der Waals surface area contributed by atoms with Crippen LogP contribution in [-0.4, -0.2) is 20.4 Å². The van der Waals surface area contributed by atoms with Crippen LogP contribution in [0.25, 0.3) is 11.2 Å². The van der Waals surface area contributed by atoms with E-state index in [0.717, 1.165) is 29.8 Å². The maximum atomic E-state index is 5.96. The second-order valence-electron chi connectivity index (χ2n) is 5.02. The molecule has 1 aromatic carbocycles. The fraction of sp³-hybridized carbons (Fsp3) is 0.294. The van der Waals surface area contributed by atoms with Gasteiger partial charge < -0.3 is 4.57 Å². The molecule has 0 saturated heterocycles. The Hall–Kier alpha value is -1.87. The van der Waals surface area contributed by atoms with Crippen molar-refractivity contribution in [1.82, 2.24) is 14.5 Å². The molecule has 1 atom stereocenters. The lowest BCUT2D eigenvalue weighted by molar-refractivity contribution is 0.555. The molecule has 108 valence electrons. The van der Waals surface area contributed by atoms with E-state index in [1.54, 1.807) is 0 Å². The minimum atomic E-state index is 0.240. The van der Waals surface area contributed by atoms with Crippen molar-refractivity contribution in [3.8, 4) is 0 Å². The van der Waals surface area contributed by atoms with Crippen molar-refractivity contribution < 1.29 is 0 Å². The highest BCUT2D eigenvalue weighted by atomic mass is 35.5. The second-order valence-corrected chi connectivity index (χ2v) is 5.40. The number of benzene rings is 1. The number of imidazole rings is 1. The maximum Gasteiger partial charge on any atom is 0.160 e. The lowest BCUT2D eigenvalue weighted by atomic mass is 10.0. The molecule has 0 amide bonds. The Morgan fingerprint density at radius 2 is 1.95 bits per heavy atom. The van der Waals surface area contributed by atoms with E-state index < -0.39 is 0 Å². The molecule has 0 aliphatic heterocycles. The number of aromatic nitrogens is 3. The zero-order valence-corrected chi connectivity index (χ0v) is 12.8. The summed E-state index contributed by atoms with van der Waals surface area (Å²) in [5.41, 5.74) is 3.15. The van der Waals surface area contributed by atoms with Crippen LogP contribution in [0.4, 0.5) is 0 Å². The molecule has 3 nitrogen and oxygen atoms in total. The number of rotatable bonds is 5. The molecule has 1 unspecified atom stereocenters. The van der Waals surface area contributed by atoms with E-state index in [-0.39, 0.29) is 6.04 Å². The van der Waals surface area contributed by atoms with Gasteiger partial charge in [-0.1, -0.05) is 37.3 Å². The first-order valence-electron chi connectivity index (χ1n) is 7.28. The van der Waals surface area contributed by atoms with Gasteiger partial charge in [0.2, 0.25) is 0 Å². The van der Waals surface area contributed by atoms with Crippen LogP contribution in [0.1, 0.15) is 30.8 Å². The van der Waals surface area contributed by atoms with Crippen molar-refractivity contribution in [2.24, 2.45) is 0 Å². The van der Waals surface area contributed by atoms with Gasteiger partial charge in [-0.05, 0) is 24.1 Å². The molecule has 2 aromatic heterocycles. The average molecular weight is 300 g/mol. The van der Waals surface area contributed by atoms with Gasteiger partial charge in [-0.25, -0.2) is 9.97 Å². The van der Waals surface area contributed by atoms with E-state index >= 15 is 0 Å². The summed E-state index contributed by atoms with van der Waals surface area (Å²) < 4.78 is 2.24. The summed E-state index contributed by atoms with van der Waals surface area (Å²) >= 11 is 5.96. The van der Waals surface area contributed by atoms with Crippen LogP contribution in [0.15, 0.2) is 48.7 Å². The number of alkyl halides is 1. The van der Waals surface area contributed by atoms with E-state index in [2.05, 4.69) is 40.7 Å². The Kier molecular flexibility index (Phi) is 4.20. The minimum Gasteiger partial charge on any atom is -0.305 e. The second kappa shape index (κ2) is 6.27. The predicted octanol–water partition coefficient (Wildman–Crippen LogP) is 4.21. The lowest BCUT2D eigenvalue weighted by Gasteiger charge is -2.20. The molecule has 0 bridgehead atoms. The summed E-state index contributed by atoms with van der Waals surface area (Å²) in [5.74, 6) is 1.57. The summed E-state index contributed by atoms with van der Waals surface area (Å²) in [4.78, 5) is 9.25. The number of hydrogen-bond donors (Lipinski definition) is 0. The molecule has 4 heteroatoms. The average Bonchev–Trinajstić information content (AvgIpc) is 2.88. The van der Waals surface area contributed by atoms with Gasteiger partial charge in [0.25, 0.3) is 0 Å². The van der Waals surface area contributed by atoms with Gasteiger partial charge in [0.15, 0.2) is 5.65 Å². The first-order valence-corrected chi connectivity index (χ1v) is 7.81. The fourth-order valence-corrected chi connectivity index (χ4v) is 2.98. The number of halogens is 1. The van der Waals surface area contributed by atoms with Crippen LogP contribution < -0.4 is 0 Å². The number of pyridine rings is 1. The zero-order chi connectivity index (χ0) is 14.7. The van der Waals surface area contributed by atoms with Crippen molar-refractivity contribution in [3.63, 3.8) is 0 Å². The standard InChI is InChI=1S/C17H18ClN3/c1-2-15(13-7-4-3-5-8-13)21-16(10-11-18)20-14-9-6-12-19-17(14)21/h3-9,12,15H,2,10-11H2,1H3. The predicted molar refractivity (Wildman–Crippen MR) is 86.8 cm³/mol. The van der Waals surface area contributed by atoms with E-state index in [1.165, 1.54) is 5.56 Å². The van der Waals surface area contributed by atoms with E-state index in [1.807, 2.05) is 24.4 Å². The van der Waals surface area contributed by atoms with E-state index in [0.29, 0.717) is 5.88 Å². The molecule has 2 heterocycles. The smallest absolute Gasteiger partial charge is 0.160 e. The third-order valence-electron chi connectivity index (χ3n) is 3.72. The SMILES string of the molecule is CCC(c1ccccc1)n1c(CCCl)nc2cccnc21. The third-order valence-corrected chi connectivity index (χ3v) is 3.91. The summed E-state index contributed by atoms with van der Waals surface area (Å²) in [7, 11) is 0. The number of nitrogens with zero attached hydrogens (tertiary/aromatic N) is 3. The monoisotopic (exact) mass is 299 g/mol. The van der Waals surface area contributed by atoms with Gasteiger partial charge in [0.05, 0.1) is 6.04 Å². The van der Waals surface area contributed by atoms with Crippen LogP contribution in [0.3, 0.4) is 0 Å². The van der Waals surface area contributed by atoms with Crippen LogP contribution in [0, 0.1) is 0 Å². The Balaban J connectivity index is 2.18. The Labute approximate surface area is 129 Å². The molecule has 21 heavy (non-hydrogen) atoms. The van der Waals surface area contributed by atoms with Crippen LogP contribution in [-0.2, 0) is 6.42 Å². The Bertz CT molecular complexity index is 721. The highest BCUT2D eigenvalue weighted by molar-refractivity contribution is 6.17. The maximum absolute atomic E-state index is 5.96. The molecule has 0 aliphatic carbocycles. The zero-order valence-electron chi connectivity index (χ0n) is 12.0. The van der Waals surface area contributed by atoms with Crippen molar-refractivity contribution in [2.75, 3.05) is 5.88 Å². The van der Waals surface area contributed by atoms with Crippen molar-refractivity contribution >= 4 is 22.8 Å². The fourth-order valence-electron chi connectivity index (χ4n) is 2.81. The largest absolute Gasteiger partial charge is 0.305 e. The van der Waals surface area contributed by atoms with Crippen LogP contribution in [0.2, 0.25) is 0 Å². The molecular formula is C17H18ClN3. The highest BCUT2D eigenvalue weighted by Gasteiger charge is 2.19. The molecule has 0 spiro atoms. The molecule has 0 N–H and O–H groups in total. The first kappa shape index (κ1) is 14.1. The molecule has 0 aliphatic rings. The summed E-state index contributed by atoms with van der Waals surface area (Å²) in [6.45, 7) is 2.19. The van der Waals surface area contributed by atoms with Crippen LogP contribution in [0.5, 0.6) is 0 Å². The molecule has 0 fully saturated rings. The normalized spacial score (nSPS) is 12.7. The number of aryl methyl sites for hydroxylation is 1. The summed E-state index contributed by atoms with van der Waals surface area (Å²) in [6, 6.07) is 14.7. The van der Waals surface area contributed by atoms with E-state index in [9.17, 15) is 0 Å². The molecule has 0 saturated carbocycles. The quantitative estimate of drug-likeness (QED) is 0.661. The molecule has 3 aromatic rings. The van der Waals surface area contributed by atoms with Crippen LogP contribution >= 0.6 is 11.6 Å². The summed E-state index contributed by atoms with van der Waals surface area (Å²) in [5, 5.41) is 0. The Morgan fingerprint density at radius 3 is 2.67 bits per heavy atom. The summed E-state index contributed by atoms with van der Waals surface area (Å²) in [6.07, 6.45) is 3.56. The number of fused-ring (bicyclic) bond motifs is 1. The highest BCUT2D eigenvalue weighted by Crippen LogP contribution is 2.27. The Morgan fingerprint density at radius 1 is 1.14 bits per heavy atom. The lowest BCUT2D eigenvalue weighted by Crippen LogP contribution is -2.14. The van der Waals surface area contributed by atoms with Gasteiger partial charge in [-0.15, -0.1) is 11.6 Å². The topological polar surface area (TPSA) is 30.7 Å². The van der Waals surface area contributed by atoms with Gasteiger partial charge in [-0.3, -0.25) is 0 Å². The molecule has 3 rings (SSSR count). The molecule has 0 radical (unpaired) electrons. The van der Waals surface area contributed by atoms with Gasteiger partial charge in [0, 0.05) is 18.5 Å². The van der Waals surface area contributed by atoms with Gasteiger partial charge in [0.1, 0.15) is 11.3 Å². The number of hydrogen-bond acceptors (Lipinski definition) is 2. The third kappa shape index (κ3) is 2.66.